The molecular formula is C19H22N4O2. The van der Waals surface area contributed by atoms with E-state index in [0.29, 0.717) is 13.1 Å². The summed E-state index contributed by atoms with van der Waals surface area (Å²) in [6.07, 6.45) is 2.81. The number of carbonyl (C=O) groups excluding carboxylic acids is 2. The van der Waals surface area contributed by atoms with Gasteiger partial charge in [-0.05, 0) is 31.4 Å². The Bertz CT molecular complexity index is 825. The molecule has 1 saturated heterocycles. The second-order valence-electron chi connectivity index (χ2n) is 6.85. The number of rotatable bonds is 4. The molecule has 6 nitrogen and oxygen atoms in total. The molecule has 2 aliphatic rings. The largest absolute Gasteiger partial charge is 0.350 e. The van der Waals surface area contributed by atoms with Crippen LogP contribution in [0, 0.1) is 5.92 Å². The van der Waals surface area contributed by atoms with Crippen LogP contribution in [0.25, 0.3) is 10.9 Å². The molecular weight excluding hydrogens is 316 g/mol. The molecule has 0 radical (unpaired) electrons. The minimum Gasteiger partial charge on any atom is -0.350 e. The molecule has 0 atom stereocenters. The number of benzene rings is 1. The van der Waals surface area contributed by atoms with Crippen molar-refractivity contribution in [1.82, 2.24) is 15.2 Å². The van der Waals surface area contributed by atoms with Crippen LogP contribution in [0.4, 0.5) is 10.5 Å². The molecule has 0 unspecified atom stereocenters. The zero-order chi connectivity index (χ0) is 17.4. The minimum atomic E-state index is -0.129. The van der Waals surface area contributed by atoms with Gasteiger partial charge in [-0.3, -0.25) is 9.78 Å². The summed E-state index contributed by atoms with van der Waals surface area (Å²) >= 11 is 0. The number of fused-ring (bicyclic) bond motifs is 1. The van der Waals surface area contributed by atoms with Crippen molar-refractivity contribution < 1.29 is 9.59 Å². The molecule has 2 aromatic rings. The summed E-state index contributed by atoms with van der Waals surface area (Å²) in [6, 6.07) is 9.70. The van der Waals surface area contributed by atoms with Crippen LogP contribution < -0.4 is 10.6 Å². The lowest BCUT2D eigenvalue weighted by Crippen LogP contribution is -2.62. The Kier molecular flexibility index (Phi) is 4.03. The molecule has 2 fully saturated rings. The molecule has 0 bridgehead atoms. The maximum Gasteiger partial charge on any atom is 0.322 e. The number of hydrogen-bond acceptors (Lipinski definition) is 3. The van der Waals surface area contributed by atoms with Crippen molar-refractivity contribution in [3.63, 3.8) is 0 Å². The number of aryl methyl sites for hydroxylation is 1. The van der Waals surface area contributed by atoms with Gasteiger partial charge in [0.1, 0.15) is 0 Å². The number of pyridine rings is 1. The topological polar surface area (TPSA) is 74.3 Å². The highest BCUT2D eigenvalue weighted by Gasteiger charge is 2.36. The van der Waals surface area contributed by atoms with E-state index in [4.69, 9.17) is 0 Å². The highest BCUT2D eigenvalue weighted by atomic mass is 16.2. The Morgan fingerprint density at radius 3 is 2.72 bits per heavy atom. The van der Waals surface area contributed by atoms with Crippen molar-refractivity contribution in [2.45, 2.75) is 32.2 Å². The van der Waals surface area contributed by atoms with Crippen LogP contribution in [0.2, 0.25) is 0 Å². The molecule has 3 amide bonds. The normalized spacial score (nSPS) is 17.2. The lowest BCUT2D eigenvalue weighted by Gasteiger charge is -2.39. The average Bonchev–Trinajstić information content (AvgIpc) is 3.42. The highest BCUT2D eigenvalue weighted by Crippen LogP contribution is 2.29. The monoisotopic (exact) mass is 338 g/mol. The zero-order valence-corrected chi connectivity index (χ0v) is 14.3. The molecule has 2 heterocycles. The third-order valence-corrected chi connectivity index (χ3v) is 4.84. The van der Waals surface area contributed by atoms with Crippen molar-refractivity contribution >= 4 is 28.5 Å². The molecule has 1 aromatic carbocycles. The lowest BCUT2D eigenvalue weighted by molar-refractivity contribution is -0.123. The fourth-order valence-electron chi connectivity index (χ4n) is 3.11. The van der Waals surface area contributed by atoms with E-state index in [2.05, 4.69) is 15.6 Å². The van der Waals surface area contributed by atoms with Crippen molar-refractivity contribution in [1.29, 1.82) is 0 Å². The molecule has 130 valence electrons. The van der Waals surface area contributed by atoms with Gasteiger partial charge in [-0.2, -0.15) is 0 Å². The summed E-state index contributed by atoms with van der Waals surface area (Å²) in [4.78, 5) is 30.6. The number of nitrogens with zero attached hydrogens (tertiary/aromatic N) is 2. The Labute approximate surface area is 146 Å². The van der Waals surface area contributed by atoms with Crippen LogP contribution in [-0.2, 0) is 11.2 Å². The van der Waals surface area contributed by atoms with Crippen LogP contribution in [0.3, 0.4) is 0 Å². The molecule has 2 N–H and O–H groups in total. The fraction of sp³-hybridized carbons (Fsp3) is 0.421. The molecule has 0 spiro atoms. The van der Waals surface area contributed by atoms with Crippen LogP contribution in [0.15, 0.2) is 30.3 Å². The SMILES string of the molecule is CCc1cc(NC(=O)N2CC(NC(=O)C3CC3)C2)c2ccccc2n1. The van der Waals surface area contributed by atoms with E-state index < -0.39 is 0 Å². The second kappa shape index (κ2) is 6.35. The Morgan fingerprint density at radius 2 is 2.00 bits per heavy atom. The molecule has 1 aliphatic heterocycles. The van der Waals surface area contributed by atoms with Gasteiger partial charge < -0.3 is 15.5 Å². The standard InChI is InChI=1S/C19H22N4O2/c1-2-13-9-17(15-5-3-4-6-16(15)20-13)22-19(25)23-10-14(11-23)21-18(24)12-7-8-12/h3-6,9,12,14H,2,7-8,10-11H2,1H3,(H,21,24)(H,20,22,25). The first-order chi connectivity index (χ1) is 12.1. The van der Waals surface area contributed by atoms with Gasteiger partial charge in [0.05, 0.1) is 17.2 Å². The quantitative estimate of drug-likeness (QED) is 0.900. The van der Waals surface area contributed by atoms with Crippen molar-refractivity contribution in [3.8, 4) is 0 Å². The fourth-order valence-corrected chi connectivity index (χ4v) is 3.11. The maximum atomic E-state index is 12.5. The predicted octanol–water partition coefficient (Wildman–Crippen LogP) is 2.54. The summed E-state index contributed by atoms with van der Waals surface area (Å²) in [5.74, 6) is 0.344. The van der Waals surface area contributed by atoms with Gasteiger partial charge in [0.15, 0.2) is 0 Å². The van der Waals surface area contributed by atoms with Crippen molar-refractivity contribution in [2.75, 3.05) is 18.4 Å². The Morgan fingerprint density at radius 1 is 1.24 bits per heavy atom. The first-order valence-corrected chi connectivity index (χ1v) is 8.89. The Balaban J connectivity index is 1.41. The second-order valence-corrected chi connectivity index (χ2v) is 6.85. The van der Waals surface area contributed by atoms with Crippen molar-refractivity contribution in [3.05, 3.63) is 36.0 Å². The maximum absolute atomic E-state index is 12.5. The number of aromatic nitrogens is 1. The predicted molar refractivity (Wildman–Crippen MR) is 96.4 cm³/mol. The number of amides is 3. The number of para-hydroxylation sites is 1. The van der Waals surface area contributed by atoms with E-state index in [1.165, 1.54) is 0 Å². The molecule has 1 aromatic heterocycles. The summed E-state index contributed by atoms with van der Waals surface area (Å²) in [5, 5.41) is 6.95. The van der Waals surface area contributed by atoms with E-state index in [9.17, 15) is 9.59 Å². The van der Waals surface area contributed by atoms with Gasteiger partial charge in [-0.15, -0.1) is 0 Å². The molecule has 1 saturated carbocycles. The van der Waals surface area contributed by atoms with Crippen LogP contribution in [-0.4, -0.2) is 41.0 Å². The van der Waals surface area contributed by atoms with Gasteiger partial charge >= 0.3 is 6.03 Å². The summed E-state index contributed by atoms with van der Waals surface area (Å²) < 4.78 is 0. The van der Waals surface area contributed by atoms with Crippen LogP contribution in [0.1, 0.15) is 25.5 Å². The summed E-state index contributed by atoms with van der Waals surface area (Å²) in [5.41, 5.74) is 2.63. The number of urea groups is 1. The number of carbonyl (C=O) groups is 2. The number of anilines is 1. The molecule has 6 heteroatoms. The van der Waals surface area contributed by atoms with E-state index in [-0.39, 0.29) is 23.9 Å². The van der Waals surface area contributed by atoms with Gasteiger partial charge in [-0.25, -0.2) is 4.79 Å². The lowest BCUT2D eigenvalue weighted by atomic mass is 10.1. The zero-order valence-electron chi connectivity index (χ0n) is 14.3. The van der Waals surface area contributed by atoms with Gasteiger partial charge in [0, 0.05) is 30.1 Å². The van der Waals surface area contributed by atoms with Gasteiger partial charge in [0.25, 0.3) is 0 Å². The first kappa shape index (κ1) is 15.9. The molecule has 4 rings (SSSR count). The Hall–Kier alpha value is -2.63. The molecule has 25 heavy (non-hydrogen) atoms. The summed E-state index contributed by atoms with van der Waals surface area (Å²) in [7, 11) is 0. The average molecular weight is 338 g/mol. The number of likely N-dealkylation sites (tertiary alicyclic amines) is 1. The van der Waals surface area contributed by atoms with Crippen molar-refractivity contribution in [2.24, 2.45) is 5.92 Å². The van der Waals surface area contributed by atoms with E-state index in [1.54, 1.807) is 4.90 Å². The van der Waals surface area contributed by atoms with E-state index in [1.807, 2.05) is 37.3 Å². The molecule has 1 aliphatic carbocycles. The number of nitrogens with one attached hydrogen (secondary N) is 2. The van der Waals surface area contributed by atoms with E-state index in [0.717, 1.165) is 41.5 Å². The van der Waals surface area contributed by atoms with Gasteiger partial charge in [0.2, 0.25) is 5.91 Å². The minimum absolute atomic E-state index is 0.0826. The first-order valence-electron chi connectivity index (χ1n) is 8.89. The van der Waals surface area contributed by atoms with Gasteiger partial charge in [-0.1, -0.05) is 25.1 Å². The third-order valence-electron chi connectivity index (χ3n) is 4.84. The smallest absolute Gasteiger partial charge is 0.322 e. The van der Waals surface area contributed by atoms with E-state index >= 15 is 0 Å². The van der Waals surface area contributed by atoms with Crippen LogP contribution >= 0.6 is 0 Å². The number of hydrogen-bond donors (Lipinski definition) is 2. The highest BCUT2D eigenvalue weighted by molar-refractivity contribution is 6.00. The summed E-state index contributed by atoms with van der Waals surface area (Å²) in [6.45, 7) is 3.17. The van der Waals surface area contributed by atoms with Crippen LogP contribution in [0.5, 0.6) is 0 Å². The third kappa shape index (κ3) is 3.29.